The number of methoxy groups -OCH3 is 1. The van der Waals surface area contributed by atoms with Crippen LogP contribution in [0.3, 0.4) is 0 Å². The molecule has 0 aliphatic heterocycles. The van der Waals surface area contributed by atoms with Crippen LogP contribution >= 0.6 is 0 Å². The third kappa shape index (κ3) is 4.99. The zero-order valence-corrected chi connectivity index (χ0v) is 18.7. The van der Waals surface area contributed by atoms with Gasteiger partial charge in [0.1, 0.15) is 23.4 Å². The molecule has 194 valence electrons. The van der Waals surface area contributed by atoms with Crippen molar-refractivity contribution in [1.29, 1.82) is 0 Å². The van der Waals surface area contributed by atoms with E-state index in [9.17, 15) is 35.5 Å². The van der Waals surface area contributed by atoms with Gasteiger partial charge in [-0.05, 0) is 42.5 Å². The average Bonchev–Trinajstić information content (AvgIpc) is 3.24. The fourth-order valence-corrected chi connectivity index (χ4v) is 3.69. The van der Waals surface area contributed by atoms with Crippen molar-refractivity contribution in [2.75, 3.05) is 12.8 Å². The highest BCUT2D eigenvalue weighted by molar-refractivity contribution is 5.98. The van der Waals surface area contributed by atoms with E-state index in [1.54, 1.807) is 0 Å². The molecule has 2 aromatic carbocycles. The minimum absolute atomic E-state index is 0.0109. The molecule has 37 heavy (non-hydrogen) atoms. The van der Waals surface area contributed by atoms with Crippen LogP contribution in [0.5, 0.6) is 5.75 Å². The first kappa shape index (κ1) is 25.7. The molecular weight excluding hydrogens is 511 g/mol. The Labute approximate surface area is 203 Å². The Hall–Kier alpha value is -4.36. The molecule has 0 saturated heterocycles. The van der Waals surface area contributed by atoms with Crippen molar-refractivity contribution < 1.29 is 40.3 Å². The maximum Gasteiger partial charge on any atom is 0.418 e. The number of hydrogen-bond acceptors (Lipinski definition) is 5. The highest BCUT2D eigenvalue weighted by Gasteiger charge is 2.36. The minimum atomic E-state index is -4.79. The van der Waals surface area contributed by atoms with Gasteiger partial charge in [0.2, 0.25) is 0 Å². The largest absolute Gasteiger partial charge is 0.496 e. The van der Waals surface area contributed by atoms with Crippen LogP contribution in [0.4, 0.5) is 36.6 Å². The number of nitrogens with zero attached hydrogens (tertiary/aromatic N) is 3. The number of rotatable bonds is 5. The van der Waals surface area contributed by atoms with Crippen molar-refractivity contribution in [3.05, 3.63) is 76.9 Å². The van der Waals surface area contributed by atoms with Crippen molar-refractivity contribution in [3.8, 4) is 17.0 Å². The number of aromatic nitrogens is 3. The van der Waals surface area contributed by atoms with Gasteiger partial charge in [-0.3, -0.25) is 4.79 Å². The Balaban J connectivity index is 1.72. The van der Waals surface area contributed by atoms with E-state index in [1.807, 2.05) is 0 Å². The lowest BCUT2D eigenvalue weighted by molar-refractivity contribution is -0.138. The highest BCUT2D eigenvalue weighted by atomic mass is 19.4. The maximum absolute atomic E-state index is 14.1. The van der Waals surface area contributed by atoms with Gasteiger partial charge in [-0.1, -0.05) is 0 Å². The maximum atomic E-state index is 14.1. The molecule has 0 atom stereocenters. The summed E-state index contributed by atoms with van der Waals surface area (Å²) in [5, 5.41) is 6.15. The Morgan fingerprint density at radius 1 is 1.05 bits per heavy atom. The zero-order valence-electron chi connectivity index (χ0n) is 18.7. The van der Waals surface area contributed by atoms with Gasteiger partial charge in [0.25, 0.3) is 5.91 Å². The Kier molecular flexibility index (Phi) is 6.44. The molecular formula is C23H16F7N5O2. The van der Waals surface area contributed by atoms with Gasteiger partial charge < -0.3 is 15.8 Å². The second kappa shape index (κ2) is 9.26. The lowest BCUT2D eigenvalue weighted by atomic mass is 10.1. The Morgan fingerprint density at radius 3 is 2.43 bits per heavy atom. The van der Waals surface area contributed by atoms with Crippen LogP contribution in [0.1, 0.15) is 27.0 Å². The van der Waals surface area contributed by atoms with Crippen LogP contribution in [0.25, 0.3) is 16.8 Å². The smallest absolute Gasteiger partial charge is 0.418 e. The SMILES string of the molecule is COc1ccc(-c2cc(C(F)(F)F)c3c(N)ncnn23)cc1C(=O)NCc1cc(C(F)(F)F)ccc1F. The van der Waals surface area contributed by atoms with E-state index < -0.39 is 58.6 Å². The molecule has 0 fully saturated rings. The molecule has 1 amide bonds. The number of amides is 1. The molecule has 0 aliphatic rings. The number of fused-ring (bicyclic) bond motifs is 1. The number of carbonyl (C=O) groups is 1. The van der Waals surface area contributed by atoms with E-state index in [-0.39, 0.29) is 22.6 Å². The molecule has 4 rings (SSSR count). The molecule has 0 unspecified atom stereocenters. The van der Waals surface area contributed by atoms with E-state index in [4.69, 9.17) is 10.5 Å². The molecule has 2 aromatic heterocycles. The molecule has 2 heterocycles. The van der Waals surface area contributed by atoms with Gasteiger partial charge >= 0.3 is 12.4 Å². The number of anilines is 1. The summed E-state index contributed by atoms with van der Waals surface area (Å²) >= 11 is 0. The van der Waals surface area contributed by atoms with Crippen LogP contribution in [0.2, 0.25) is 0 Å². The van der Waals surface area contributed by atoms with Gasteiger partial charge in [-0.2, -0.15) is 31.4 Å². The monoisotopic (exact) mass is 527 g/mol. The minimum Gasteiger partial charge on any atom is -0.496 e. The number of nitrogens with two attached hydrogens (primary N) is 1. The summed E-state index contributed by atoms with van der Waals surface area (Å²) in [6.45, 7) is -0.599. The Morgan fingerprint density at radius 2 is 1.78 bits per heavy atom. The van der Waals surface area contributed by atoms with Crippen molar-refractivity contribution >= 4 is 17.2 Å². The van der Waals surface area contributed by atoms with Crippen LogP contribution in [0.15, 0.2) is 48.8 Å². The summed E-state index contributed by atoms with van der Waals surface area (Å²) in [4.78, 5) is 16.5. The Bertz CT molecular complexity index is 1500. The standard InChI is InChI=1S/C23H16F7N5O2/c1-37-18-5-2-11(17-8-15(23(28,29)30)19-20(31)33-10-34-35(17)19)7-14(18)21(36)32-9-12-6-13(22(25,26)27)3-4-16(12)24/h2-8,10H,9H2,1H3,(H,32,36)(H2,31,33,34). The van der Waals surface area contributed by atoms with Crippen LogP contribution < -0.4 is 15.8 Å². The predicted octanol–water partition coefficient (Wildman–Crippen LogP) is 5.09. The number of nitrogens with one attached hydrogen (secondary N) is 1. The number of ether oxygens (including phenoxy) is 1. The van der Waals surface area contributed by atoms with Crippen molar-refractivity contribution in [2.45, 2.75) is 18.9 Å². The van der Waals surface area contributed by atoms with Crippen LogP contribution in [-0.4, -0.2) is 27.6 Å². The molecule has 0 bridgehead atoms. The van der Waals surface area contributed by atoms with E-state index in [1.165, 1.54) is 25.3 Å². The van der Waals surface area contributed by atoms with E-state index in [2.05, 4.69) is 15.4 Å². The van der Waals surface area contributed by atoms with Crippen molar-refractivity contribution in [2.24, 2.45) is 0 Å². The highest BCUT2D eigenvalue weighted by Crippen LogP contribution is 2.39. The van der Waals surface area contributed by atoms with Crippen molar-refractivity contribution in [3.63, 3.8) is 0 Å². The van der Waals surface area contributed by atoms with Crippen molar-refractivity contribution in [1.82, 2.24) is 19.9 Å². The number of nitrogen functional groups attached to an aromatic ring is 1. The third-order valence-corrected chi connectivity index (χ3v) is 5.44. The quantitative estimate of drug-likeness (QED) is 0.353. The molecule has 0 saturated carbocycles. The zero-order chi connectivity index (χ0) is 27.1. The van der Waals surface area contributed by atoms with Crippen LogP contribution in [0, 0.1) is 5.82 Å². The lowest BCUT2D eigenvalue weighted by Crippen LogP contribution is -2.24. The lowest BCUT2D eigenvalue weighted by Gasteiger charge is -2.13. The third-order valence-electron chi connectivity index (χ3n) is 5.44. The fraction of sp³-hybridized carbons (Fsp3) is 0.174. The summed E-state index contributed by atoms with van der Waals surface area (Å²) in [6, 6.07) is 6.46. The second-order valence-electron chi connectivity index (χ2n) is 7.75. The molecule has 4 aromatic rings. The molecule has 0 aliphatic carbocycles. The summed E-state index contributed by atoms with van der Waals surface area (Å²) in [5.74, 6) is -2.24. The second-order valence-corrected chi connectivity index (χ2v) is 7.75. The number of halogens is 7. The van der Waals surface area contributed by atoms with E-state index in [0.29, 0.717) is 18.2 Å². The predicted molar refractivity (Wildman–Crippen MR) is 117 cm³/mol. The van der Waals surface area contributed by atoms with Gasteiger partial charge in [0.15, 0.2) is 5.82 Å². The molecule has 14 heteroatoms. The molecule has 0 spiro atoms. The molecule has 0 radical (unpaired) electrons. The summed E-state index contributed by atoms with van der Waals surface area (Å²) in [5.41, 5.74) is 2.44. The van der Waals surface area contributed by atoms with Gasteiger partial charge in [-0.25, -0.2) is 13.9 Å². The van der Waals surface area contributed by atoms with Gasteiger partial charge in [0.05, 0.1) is 29.5 Å². The first-order valence-corrected chi connectivity index (χ1v) is 10.3. The van der Waals surface area contributed by atoms with Crippen LogP contribution in [-0.2, 0) is 18.9 Å². The summed E-state index contributed by atoms with van der Waals surface area (Å²) < 4.78 is 99.9. The molecule has 3 N–H and O–H groups in total. The summed E-state index contributed by atoms with van der Waals surface area (Å²) in [7, 11) is 1.24. The van der Waals surface area contributed by atoms with Gasteiger partial charge in [0, 0.05) is 17.7 Å². The molecule has 7 nitrogen and oxygen atoms in total. The normalized spacial score (nSPS) is 12.1. The number of hydrogen-bond donors (Lipinski definition) is 2. The first-order valence-electron chi connectivity index (χ1n) is 10.3. The first-order chi connectivity index (χ1) is 17.3. The van der Waals surface area contributed by atoms with E-state index in [0.717, 1.165) is 16.9 Å². The van der Waals surface area contributed by atoms with E-state index >= 15 is 0 Å². The van der Waals surface area contributed by atoms with Gasteiger partial charge in [-0.15, -0.1) is 0 Å². The topological polar surface area (TPSA) is 94.5 Å². The number of alkyl halides is 6. The fourth-order valence-electron chi connectivity index (χ4n) is 3.69. The summed E-state index contributed by atoms with van der Waals surface area (Å²) in [6.07, 6.45) is -8.54. The number of carbonyl (C=O) groups excluding carboxylic acids is 1. The number of benzene rings is 2. The average molecular weight is 527 g/mol.